The number of ether oxygens (including phenoxy) is 2. The van der Waals surface area contributed by atoms with Crippen LogP contribution in [0.25, 0.3) is 0 Å². The van der Waals surface area contributed by atoms with Gasteiger partial charge in [-0.1, -0.05) is 150 Å². The van der Waals surface area contributed by atoms with Gasteiger partial charge in [-0.05, 0) is 77.0 Å². The van der Waals surface area contributed by atoms with E-state index in [4.69, 9.17) is 18.5 Å². The Labute approximate surface area is 345 Å². The lowest BCUT2D eigenvalue weighted by Gasteiger charge is -2.17. The number of hydrogen-bond donors (Lipinski definition) is 3. The number of phosphoric ester groups is 1. The van der Waals surface area contributed by atoms with Crippen molar-refractivity contribution < 1.29 is 47.8 Å². The SMILES string of the molecule is CC/C=C\C/C=C\C/C=C\C/C=C\C/C=C\C/C=C\CCC(=O)OC[C@@H](O)COP(=O)(O)OC[C@H](O)COC(=O)CCCCCCC/C=C\CCCCCCCC. The van der Waals surface area contributed by atoms with Crippen LogP contribution in [0.5, 0.6) is 0 Å². The zero-order valence-electron chi connectivity index (χ0n) is 35.3. The molecular formula is C46H77O10P. The largest absolute Gasteiger partial charge is 0.472 e. The smallest absolute Gasteiger partial charge is 0.463 e. The molecule has 11 heteroatoms. The first-order chi connectivity index (χ1) is 27.7. The number of allylic oxidation sites excluding steroid dienone is 14. The van der Waals surface area contributed by atoms with E-state index in [0.29, 0.717) is 12.8 Å². The monoisotopic (exact) mass is 821 g/mol. The third kappa shape index (κ3) is 42.6. The molecule has 0 bridgehead atoms. The number of rotatable bonds is 39. The molecule has 0 aliphatic carbocycles. The number of aliphatic hydroxyl groups is 2. The fourth-order valence-electron chi connectivity index (χ4n) is 5.20. The summed E-state index contributed by atoms with van der Waals surface area (Å²) in [6.45, 7) is 2.32. The number of unbranched alkanes of at least 4 members (excludes halogenated alkanes) is 11. The molecule has 0 saturated heterocycles. The zero-order valence-corrected chi connectivity index (χ0v) is 36.2. The average Bonchev–Trinajstić information content (AvgIpc) is 3.20. The minimum atomic E-state index is -4.62. The van der Waals surface area contributed by atoms with Crippen LogP contribution in [0, 0.1) is 0 Å². The Morgan fingerprint density at radius 1 is 0.474 bits per heavy atom. The summed E-state index contributed by atoms with van der Waals surface area (Å²) in [7, 11) is -4.62. The summed E-state index contributed by atoms with van der Waals surface area (Å²) in [5, 5.41) is 20.0. The molecule has 0 fully saturated rings. The van der Waals surface area contributed by atoms with Gasteiger partial charge in [0.2, 0.25) is 0 Å². The van der Waals surface area contributed by atoms with Gasteiger partial charge in [0.05, 0.1) is 13.2 Å². The van der Waals surface area contributed by atoms with Gasteiger partial charge in [-0.3, -0.25) is 18.6 Å². The van der Waals surface area contributed by atoms with Crippen molar-refractivity contribution in [3.05, 3.63) is 85.1 Å². The van der Waals surface area contributed by atoms with Crippen LogP contribution in [-0.2, 0) is 32.7 Å². The van der Waals surface area contributed by atoms with E-state index in [1.54, 1.807) is 0 Å². The Bertz CT molecular complexity index is 1220. The van der Waals surface area contributed by atoms with Crippen LogP contribution in [0.1, 0.15) is 155 Å². The molecule has 0 aromatic heterocycles. The minimum Gasteiger partial charge on any atom is -0.463 e. The zero-order chi connectivity index (χ0) is 41.9. The van der Waals surface area contributed by atoms with Crippen LogP contribution in [0.3, 0.4) is 0 Å². The van der Waals surface area contributed by atoms with E-state index >= 15 is 0 Å². The highest BCUT2D eigenvalue weighted by molar-refractivity contribution is 7.47. The van der Waals surface area contributed by atoms with E-state index in [2.05, 4.69) is 86.8 Å². The number of carbonyl (C=O) groups is 2. The van der Waals surface area contributed by atoms with Crippen LogP contribution in [0.2, 0.25) is 0 Å². The van der Waals surface area contributed by atoms with Crippen molar-refractivity contribution in [3.8, 4) is 0 Å². The lowest BCUT2D eigenvalue weighted by Crippen LogP contribution is -2.25. The van der Waals surface area contributed by atoms with Crippen LogP contribution in [0.4, 0.5) is 0 Å². The molecule has 0 aromatic carbocycles. The second kappa shape index (κ2) is 41.3. The fraction of sp³-hybridized carbons (Fsp3) is 0.652. The third-order valence-electron chi connectivity index (χ3n) is 8.49. The molecule has 0 heterocycles. The average molecular weight is 821 g/mol. The van der Waals surface area contributed by atoms with Gasteiger partial charge in [0, 0.05) is 12.8 Å². The van der Waals surface area contributed by atoms with Crippen LogP contribution < -0.4 is 0 Å². The van der Waals surface area contributed by atoms with Crippen LogP contribution >= 0.6 is 7.82 Å². The van der Waals surface area contributed by atoms with Gasteiger partial charge >= 0.3 is 19.8 Å². The molecule has 1 unspecified atom stereocenters. The molecule has 3 atom stereocenters. The highest BCUT2D eigenvalue weighted by Gasteiger charge is 2.25. The van der Waals surface area contributed by atoms with Gasteiger partial charge in [-0.2, -0.15) is 0 Å². The first-order valence-corrected chi connectivity index (χ1v) is 23.0. The Hall–Kier alpha value is -2.85. The normalized spacial score (nSPS) is 14.7. The predicted molar refractivity (Wildman–Crippen MR) is 233 cm³/mol. The first kappa shape index (κ1) is 54.2. The molecule has 10 nitrogen and oxygen atoms in total. The maximum absolute atomic E-state index is 12.1. The van der Waals surface area contributed by atoms with Crippen molar-refractivity contribution in [1.29, 1.82) is 0 Å². The second-order valence-electron chi connectivity index (χ2n) is 14.0. The number of hydrogen-bond acceptors (Lipinski definition) is 9. The number of aliphatic hydroxyl groups excluding tert-OH is 2. The molecule has 3 N–H and O–H groups in total. The number of esters is 2. The van der Waals surface area contributed by atoms with Gasteiger partial charge in [0.25, 0.3) is 0 Å². The lowest BCUT2D eigenvalue weighted by atomic mass is 10.1. The summed E-state index contributed by atoms with van der Waals surface area (Å²) in [6, 6.07) is 0. The molecule has 0 saturated carbocycles. The minimum absolute atomic E-state index is 0.122. The molecule has 57 heavy (non-hydrogen) atoms. The summed E-state index contributed by atoms with van der Waals surface area (Å²) in [5.74, 6) is -0.975. The topological polar surface area (TPSA) is 149 Å². The van der Waals surface area contributed by atoms with Crippen molar-refractivity contribution >= 4 is 19.8 Å². The molecule has 326 valence electrons. The van der Waals surface area contributed by atoms with Crippen LogP contribution in [-0.4, -0.2) is 65.7 Å². The summed E-state index contributed by atoms with van der Waals surface area (Å²) in [5.41, 5.74) is 0. The standard InChI is InChI=1S/C46H77O10P/c1-3-5-7-9-11-13-15-17-19-20-21-22-24-26-28-30-32-34-36-38-46(50)54-40-44(48)42-56-57(51,52)55-41-43(47)39-53-45(49)37-35-33-31-29-27-25-23-18-16-14-12-10-8-6-4-2/h5,7,11,13,17-19,21-23,26,28,32,34,43-44,47-48H,3-4,6,8-10,12,14-16,20,24-25,27,29-31,33,35-42H2,1-2H3,(H,51,52)/b7-5-,13-11-,19-17-,22-21-,23-18-,28-26-,34-32-/t43-,44-/m1/s1. The van der Waals surface area contributed by atoms with Crippen molar-refractivity contribution in [2.75, 3.05) is 26.4 Å². The highest BCUT2D eigenvalue weighted by atomic mass is 31.2. The lowest BCUT2D eigenvalue weighted by molar-refractivity contribution is -0.147. The van der Waals surface area contributed by atoms with E-state index < -0.39 is 51.8 Å². The van der Waals surface area contributed by atoms with Crippen molar-refractivity contribution in [2.45, 2.75) is 167 Å². The molecule has 0 amide bonds. The van der Waals surface area contributed by atoms with Gasteiger partial charge < -0.3 is 24.6 Å². The summed E-state index contributed by atoms with van der Waals surface area (Å²) in [4.78, 5) is 33.8. The Kier molecular flexibility index (Phi) is 39.2. The predicted octanol–water partition coefficient (Wildman–Crippen LogP) is 11.4. The first-order valence-electron chi connectivity index (χ1n) is 21.5. The summed E-state index contributed by atoms with van der Waals surface area (Å²) >= 11 is 0. The van der Waals surface area contributed by atoms with E-state index in [9.17, 15) is 29.3 Å². The maximum Gasteiger partial charge on any atom is 0.472 e. The van der Waals surface area contributed by atoms with Crippen molar-refractivity contribution in [1.82, 2.24) is 0 Å². The van der Waals surface area contributed by atoms with Crippen molar-refractivity contribution in [2.24, 2.45) is 0 Å². The maximum atomic E-state index is 12.1. The molecule has 0 spiro atoms. The van der Waals surface area contributed by atoms with Gasteiger partial charge in [0.1, 0.15) is 25.4 Å². The van der Waals surface area contributed by atoms with Gasteiger partial charge in [-0.15, -0.1) is 0 Å². The van der Waals surface area contributed by atoms with Gasteiger partial charge in [-0.25, -0.2) is 4.57 Å². The van der Waals surface area contributed by atoms with E-state index in [-0.39, 0.29) is 19.4 Å². The Morgan fingerprint density at radius 3 is 1.30 bits per heavy atom. The van der Waals surface area contributed by atoms with E-state index in [0.717, 1.165) is 70.6 Å². The molecule has 0 aliphatic rings. The third-order valence-corrected chi connectivity index (χ3v) is 9.44. The molecular weight excluding hydrogens is 743 g/mol. The van der Waals surface area contributed by atoms with E-state index in [1.165, 1.54) is 44.9 Å². The van der Waals surface area contributed by atoms with Crippen molar-refractivity contribution in [3.63, 3.8) is 0 Å². The summed E-state index contributed by atoms with van der Waals surface area (Å²) in [6.07, 6.45) is 48.7. The van der Waals surface area contributed by atoms with Gasteiger partial charge in [0.15, 0.2) is 0 Å². The molecule has 0 rings (SSSR count). The highest BCUT2D eigenvalue weighted by Crippen LogP contribution is 2.43. The Morgan fingerprint density at radius 2 is 0.842 bits per heavy atom. The molecule has 0 aromatic rings. The number of carbonyl (C=O) groups excluding carboxylic acids is 2. The molecule has 0 aliphatic heterocycles. The number of phosphoric acid groups is 1. The Balaban J connectivity index is 3.83. The van der Waals surface area contributed by atoms with Crippen LogP contribution in [0.15, 0.2) is 85.1 Å². The fourth-order valence-corrected chi connectivity index (χ4v) is 5.99. The summed E-state index contributed by atoms with van der Waals surface area (Å²) < 4.78 is 31.6. The second-order valence-corrected chi connectivity index (χ2v) is 15.5. The van der Waals surface area contributed by atoms with E-state index in [1.807, 2.05) is 12.2 Å². The quantitative estimate of drug-likeness (QED) is 0.0237. The molecule has 0 radical (unpaired) electrons.